The van der Waals surface area contributed by atoms with E-state index in [0.29, 0.717) is 12.8 Å². The molecule has 0 radical (unpaired) electrons. The number of unbranched alkanes of at least 4 members (excludes halogenated alkanes) is 10. The first-order chi connectivity index (χ1) is 11.0. The van der Waals surface area contributed by atoms with Gasteiger partial charge in [-0.25, -0.2) is 0 Å². The first-order valence-electron chi connectivity index (χ1n) is 9.45. The van der Waals surface area contributed by atoms with Crippen molar-refractivity contribution in [3.05, 3.63) is 0 Å². The molecule has 0 rings (SSSR count). The van der Waals surface area contributed by atoms with Gasteiger partial charge in [0.05, 0.1) is 0 Å². The van der Waals surface area contributed by atoms with Gasteiger partial charge >= 0.3 is 0 Å². The van der Waals surface area contributed by atoms with Crippen LogP contribution in [0.5, 0.6) is 0 Å². The second kappa shape index (κ2) is 13.8. The minimum absolute atomic E-state index is 0.0887. The standard InChI is InChI=1S/C18H38N2O3/c1-4-6-7-8-9-10-11-12-13-14-15-16-17(21)19-18(3,5-2)20(22)23/h22-23H,4-16H2,1-3H3,(H,19,21). The summed E-state index contributed by atoms with van der Waals surface area (Å²) in [5.41, 5.74) is -1.10. The number of rotatable bonds is 15. The molecule has 138 valence electrons. The third kappa shape index (κ3) is 11.5. The molecule has 1 amide bonds. The summed E-state index contributed by atoms with van der Waals surface area (Å²) in [4.78, 5) is 11.8. The van der Waals surface area contributed by atoms with Gasteiger partial charge < -0.3 is 5.32 Å². The fraction of sp³-hybridized carbons (Fsp3) is 0.944. The lowest BCUT2D eigenvalue weighted by atomic mass is 10.0. The van der Waals surface area contributed by atoms with Crippen LogP contribution in [0.4, 0.5) is 0 Å². The van der Waals surface area contributed by atoms with E-state index in [2.05, 4.69) is 12.2 Å². The van der Waals surface area contributed by atoms with E-state index >= 15 is 0 Å². The highest BCUT2D eigenvalue weighted by Crippen LogP contribution is 2.14. The fourth-order valence-electron chi connectivity index (χ4n) is 2.59. The predicted octanol–water partition coefficient (Wildman–Crippen LogP) is 5.01. The average Bonchev–Trinajstić information content (AvgIpc) is 2.52. The molecule has 0 saturated heterocycles. The Morgan fingerprint density at radius 1 is 0.870 bits per heavy atom. The number of carbonyl (C=O) groups is 1. The SMILES string of the molecule is CCCCCCCCCCCCCC(=O)NC(C)(CC)N(O)O. The Morgan fingerprint density at radius 2 is 1.30 bits per heavy atom. The summed E-state index contributed by atoms with van der Waals surface area (Å²) in [5, 5.41) is 21.1. The van der Waals surface area contributed by atoms with Crippen LogP contribution in [-0.4, -0.2) is 27.2 Å². The van der Waals surface area contributed by atoms with Crippen molar-refractivity contribution in [3.63, 3.8) is 0 Å². The van der Waals surface area contributed by atoms with Crippen molar-refractivity contribution < 1.29 is 15.2 Å². The van der Waals surface area contributed by atoms with Gasteiger partial charge in [-0.2, -0.15) is 0 Å². The maximum Gasteiger partial charge on any atom is 0.221 e. The third-order valence-corrected chi connectivity index (χ3v) is 4.55. The van der Waals surface area contributed by atoms with Crippen molar-refractivity contribution in [1.29, 1.82) is 0 Å². The van der Waals surface area contributed by atoms with Crippen molar-refractivity contribution in [3.8, 4) is 0 Å². The molecule has 1 unspecified atom stereocenters. The Kier molecular flexibility index (Phi) is 13.4. The van der Waals surface area contributed by atoms with Crippen LogP contribution in [0.15, 0.2) is 0 Å². The number of nitrogens with one attached hydrogen (secondary N) is 1. The zero-order valence-corrected chi connectivity index (χ0v) is 15.4. The second-order valence-electron chi connectivity index (χ2n) is 6.75. The monoisotopic (exact) mass is 330 g/mol. The van der Waals surface area contributed by atoms with Crippen LogP contribution in [0.2, 0.25) is 0 Å². The van der Waals surface area contributed by atoms with E-state index in [-0.39, 0.29) is 11.1 Å². The molecular formula is C18H38N2O3. The Bertz CT molecular complexity index is 298. The van der Waals surface area contributed by atoms with Gasteiger partial charge in [-0.1, -0.05) is 78.1 Å². The summed E-state index contributed by atoms with van der Waals surface area (Å²) in [6, 6.07) is 0. The summed E-state index contributed by atoms with van der Waals surface area (Å²) in [6.45, 7) is 5.62. The molecular weight excluding hydrogens is 292 g/mol. The Morgan fingerprint density at radius 3 is 1.70 bits per heavy atom. The molecule has 0 aliphatic heterocycles. The van der Waals surface area contributed by atoms with Gasteiger partial charge in [-0.15, -0.1) is 0 Å². The Hall–Kier alpha value is -0.650. The molecule has 5 heteroatoms. The van der Waals surface area contributed by atoms with E-state index in [4.69, 9.17) is 10.4 Å². The van der Waals surface area contributed by atoms with Gasteiger partial charge in [-0.05, 0) is 25.0 Å². The van der Waals surface area contributed by atoms with E-state index < -0.39 is 5.66 Å². The highest BCUT2D eigenvalue weighted by molar-refractivity contribution is 5.76. The molecule has 0 heterocycles. The molecule has 0 aromatic heterocycles. The third-order valence-electron chi connectivity index (χ3n) is 4.55. The molecule has 0 aliphatic rings. The largest absolute Gasteiger partial charge is 0.334 e. The van der Waals surface area contributed by atoms with Crippen molar-refractivity contribution >= 4 is 5.91 Å². The van der Waals surface area contributed by atoms with Crippen molar-refractivity contribution in [2.24, 2.45) is 0 Å². The van der Waals surface area contributed by atoms with Crippen LogP contribution in [-0.2, 0) is 4.79 Å². The molecule has 0 saturated carbocycles. The number of amides is 1. The van der Waals surface area contributed by atoms with Crippen molar-refractivity contribution in [1.82, 2.24) is 10.5 Å². The normalized spacial score (nSPS) is 14.0. The molecule has 3 N–H and O–H groups in total. The summed E-state index contributed by atoms with van der Waals surface area (Å²) < 4.78 is 0. The van der Waals surface area contributed by atoms with Crippen LogP contribution >= 0.6 is 0 Å². The number of hydrogen-bond acceptors (Lipinski definition) is 4. The highest BCUT2D eigenvalue weighted by Gasteiger charge is 2.30. The van der Waals surface area contributed by atoms with Crippen LogP contribution in [0, 0.1) is 0 Å². The Balaban J connectivity index is 3.49. The van der Waals surface area contributed by atoms with E-state index in [0.717, 1.165) is 12.8 Å². The van der Waals surface area contributed by atoms with Crippen LogP contribution in [0.3, 0.4) is 0 Å². The summed E-state index contributed by atoms with van der Waals surface area (Å²) in [5.74, 6) is -0.127. The number of hydroxylamine groups is 2. The van der Waals surface area contributed by atoms with Gasteiger partial charge in [0, 0.05) is 6.42 Å². The van der Waals surface area contributed by atoms with Crippen LogP contribution in [0.1, 0.15) is 104 Å². The first kappa shape index (κ1) is 22.4. The molecule has 0 aromatic rings. The van der Waals surface area contributed by atoms with E-state index in [9.17, 15) is 4.79 Å². The van der Waals surface area contributed by atoms with E-state index in [1.165, 1.54) is 57.8 Å². The molecule has 0 bridgehead atoms. The number of nitrogens with zero attached hydrogens (tertiary/aromatic N) is 1. The molecule has 0 aliphatic carbocycles. The van der Waals surface area contributed by atoms with Crippen molar-refractivity contribution in [2.45, 2.75) is 110 Å². The zero-order valence-electron chi connectivity index (χ0n) is 15.4. The average molecular weight is 331 g/mol. The minimum Gasteiger partial charge on any atom is -0.334 e. The Labute approximate surface area is 142 Å². The van der Waals surface area contributed by atoms with Gasteiger partial charge in [0.2, 0.25) is 5.91 Å². The van der Waals surface area contributed by atoms with E-state index in [1.54, 1.807) is 13.8 Å². The quantitative estimate of drug-likeness (QED) is 0.224. The topological polar surface area (TPSA) is 72.8 Å². The van der Waals surface area contributed by atoms with Crippen LogP contribution in [0.25, 0.3) is 0 Å². The predicted molar refractivity (Wildman–Crippen MR) is 93.3 cm³/mol. The second-order valence-corrected chi connectivity index (χ2v) is 6.75. The number of carbonyl (C=O) groups excluding carboxylic acids is 1. The maximum atomic E-state index is 11.8. The maximum absolute atomic E-state index is 11.8. The highest BCUT2D eigenvalue weighted by atomic mass is 16.8. The molecule has 5 nitrogen and oxygen atoms in total. The first-order valence-corrected chi connectivity index (χ1v) is 9.45. The molecule has 0 aromatic carbocycles. The smallest absolute Gasteiger partial charge is 0.221 e. The fourth-order valence-corrected chi connectivity index (χ4v) is 2.59. The summed E-state index contributed by atoms with van der Waals surface area (Å²) in [7, 11) is 0. The molecule has 0 fully saturated rings. The zero-order chi connectivity index (χ0) is 17.6. The van der Waals surface area contributed by atoms with E-state index in [1.807, 2.05) is 0 Å². The van der Waals surface area contributed by atoms with Gasteiger partial charge in [0.15, 0.2) is 0 Å². The van der Waals surface area contributed by atoms with Gasteiger partial charge in [-0.3, -0.25) is 15.2 Å². The van der Waals surface area contributed by atoms with Crippen molar-refractivity contribution in [2.75, 3.05) is 0 Å². The lowest BCUT2D eigenvalue weighted by molar-refractivity contribution is -0.365. The molecule has 23 heavy (non-hydrogen) atoms. The summed E-state index contributed by atoms with van der Waals surface area (Å²) in [6.07, 6.45) is 14.6. The molecule has 1 atom stereocenters. The lowest BCUT2D eigenvalue weighted by Gasteiger charge is -2.32. The molecule has 0 spiro atoms. The van der Waals surface area contributed by atoms with Gasteiger partial charge in [0.1, 0.15) is 5.66 Å². The van der Waals surface area contributed by atoms with Crippen LogP contribution < -0.4 is 5.32 Å². The van der Waals surface area contributed by atoms with Gasteiger partial charge in [0.25, 0.3) is 0 Å². The number of hydrogen-bond donors (Lipinski definition) is 3. The lowest BCUT2D eigenvalue weighted by Crippen LogP contribution is -2.55. The summed E-state index contributed by atoms with van der Waals surface area (Å²) >= 11 is 0. The minimum atomic E-state index is -1.10.